The lowest BCUT2D eigenvalue weighted by atomic mass is 9.87. The number of methoxy groups -OCH3 is 1. The molecule has 1 rings (SSSR count). The number of carbonyl (C=O) groups is 1. The van der Waals surface area contributed by atoms with E-state index >= 15 is 0 Å². The Hall–Kier alpha value is -0.610. The summed E-state index contributed by atoms with van der Waals surface area (Å²) in [4.78, 5) is 11.1. The first-order valence-corrected chi connectivity index (χ1v) is 4.31. The number of carbonyl (C=O) groups excluding carboxylic acids is 1. The summed E-state index contributed by atoms with van der Waals surface area (Å²) in [5, 5.41) is 0. The Bertz CT molecular complexity index is 161. The maximum absolute atomic E-state index is 11.1. The van der Waals surface area contributed by atoms with Crippen molar-refractivity contribution in [1.82, 2.24) is 5.43 Å². The van der Waals surface area contributed by atoms with Crippen LogP contribution in [0.5, 0.6) is 0 Å². The Morgan fingerprint density at radius 1 is 1.58 bits per heavy atom. The molecule has 2 unspecified atom stereocenters. The standard InChI is InChI=1S/C8H16N2O2/c1-12-7-4-2-3-6(5-7)8(11)10-9/h6-7H,2-5,9H2,1H3,(H,10,11). The fourth-order valence-electron chi connectivity index (χ4n) is 1.72. The molecule has 0 saturated heterocycles. The molecule has 4 nitrogen and oxygen atoms in total. The van der Waals surface area contributed by atoms with Gasteiger partial charge in [-0.2, -0.15) is 0 Å². The highest BCUT2D eigenvalue weighted by Gasteiger charge is 2.26. The molecule has 1 saturated carbocycles. The van der Waals surface area contributed by atoms with Crippen molar-refractivity contribution in [2.24, 2.45) is 11.8 Å². The van der Waals surface area contributed by atoms with Crippen LogP contribution in [0.15, 0.2) is 0 Å². The Labute approximate surface area is 72.4 Å². The Morgan fingerprint density at radius 2 is 2.33 bits per heavy atom. The van der Waals surface area contributed by atoms with Crippen molar-refractivity contribution in [1.29, 1.82) is 0 Å². The van der Waals surface area contributed by atoms with Crippen LogP contribution in [0.3, 0.4) is 0 Å². The van der Waals surface area contributed by atoms with E-state index in [-0.39, 0.29) is 17.9 Å². The van der Waals surface area contributed by atoms with E-state index < -0.39 is 0 Å². The number of hydrazine groups is 1. The Morgan fingerprint density at radius 3 is 2.92 bits per heavy atom. The first-order chi connectivity index (χ1) is 5.77. The number of nitrogens with two attached hydrogens (primary N) is 1. The minimum Gasteiger partial charge on any atom is -0.381 e. The molecule has 0 spiro atoms. The monoisotopic (exact) mass is 172 g/mol. The van der Waals surface area contributed by atoms with Crippen molar-refractivity contribution in [2.45, 2.75) is 31.8 Å². The first-order valence-electron chi connectivity index (χ1n) is 4.31. The molecule has 0 heterocycles. The quantitative estimate of drug-likeness (QED) is 0.355. The van der Waals surface area contributed by atoms with Gasteiger partial charge in [-0.15, -0.1) is 0 Å². The first kappa shape index (κ1) is 9.48. The summed E-state index contributed by atoms with van der Waals surface area (Å²) >= 11 is 0. The maximum Gasteiger partial charge on any atom is 0.237 e. The summed E-state index contributed by atoms with van der Waals surface area (Å²) in [5.74, 6) is 5.04. The molecule has 0 aromatic rings. The highest BCUT2D eigenvalue weighted by Crippen LogP contribution is 2.25. The summed E-state index contributed by atoms with van der Waals surface area (Å²) in [6.07, 6.45) is 4.09. The largest absolute Gasteiger partial charge is 0.381 e. The van der Waals surface area contributed by atoms with E-state index in [0.717, 1.165) is 25.7 Å². The summed E-state index contributed by atoms with van der Waals surface area (Å²) in [7, 11) is 1.69. The highest BCUT2D eigenvalue weighted by atomic mass is 16.5. The van der Waals surface area contributed by atoms with Crippen LogP contribution in [0.2, 0.25) is 0 Å². The van der Waals surface area contributed by atoms with E-state index in [1.54, 1.807) is 7.11 Å². The van der Waals surface area contributed by atoms with Gasteiger partial charge in [-0.1, -0.05) is 6.42 Å². The summed E-state index contributed by atoms with van der Waals surface area (Å²) in [6, 6.07) is 0. The van der Waals surface area contributed by atoms with Crippen molar-refractivity contribution < 1.29 is 9.53 Å². The van der Waals surface area contributed by atoms with Crippen LogP contribution >= 0.6 is 0 Å². The van der Waals surface area contributed by atoms with Crippen molar-refractivity contribution in [3.8, 4) is 0 Å². The molecule has 0 aliphatic heterocycles. The van der Waals surface area contributed by atoms with Gasteiger partial charge in [0.15, 0.2) is 0 Å². The van der Waals surface area contributed by atoms with E-state index in [1.165, 1.54) is 0 Å². The van der Waals surface area contributed by atoms with Crippen molar-refractivity contribution >= 4 is 5.91 Å². The van der Waals surface area contributed by atoms with Gasteiger partial charge in [-0.3, -0.25) is 10.2 Å². The predicted molar refractivity (Wildman–Crippen MR) is 45.1 cm³/mol. The predicted octanol–water partition coefficient (Wildman–Crippen LogP) is 0.181. The Kier molecular flexibility index (Phi) is 3.49. The van der Waals surface area contributed by atoms with Crippen LogP contribution in [0.1, 0.15) is 25.7 Å². The van der Waals surface area contributed by atoms with Crippen molar-refractivity contribution in [3.63, 3.8) is 0 Å². The number of rotatable bonds is 2. The smallest absolute Gasteiger partial charge is 0.237 e. The van der Waals surface area contributed by atoms with E-state index in [0.29, 0.717) is 0 Å². The topological polar surface area (TPSA) is 64.3 Å². The molecule has 4 heteroatoms. The molecule has 0 aromatic carbocycles. The number of amides is 1. The van der Waals surface area contributed by atoms with Gasteiger partial charge in [0.05, 0.1) is 6.10 Å². The lowest BCUT2D eigenvalue weighted by molar-refractivity contribution is -0.127. The maximum atomic E-state index is 11.1. The molecule has 1 fully saturated rings. The molecule has 0 aromatic heterocycles. The van der Waals surface area contributed by atoms with E-state index in [1.807, 2.05) is 0 Å². The lowest BCUT2D eigenvalue weighted by Crippen LogP contribution is -2.39. The zero-order valence-electron chi connectivity index (χ0n) is 7.38. The molecule has 2 atom stereocenters. The number of nitrogens with one attached hydrogen (secondary N) is 1. The zero-order valence-corrected chi connectivity index (χ0v) is 7.38. The van der Waals surface area contributed by atoms with Gasteiger partial charge in [0, 0.05) is 13.0 Å². The van der Waals surface area contributed by atoms with Crippen LogP contribution in [0.25, 0.3) is 0 Å². The minimum absolute atomic E-state index is 0.0497. The van der Waals surface area contributed by atoms with E-state index in [4.69, 9.17) is 10.6 Å². The number of hydrogen-bond donors (Lipinski definition) is 2. The fraction of sp³-hybridized carbons (Fsp3) is 0.875. The second-order valence-corrected chi connectivity index (χ2v) is 3.23. The fourth-order valence-corrected chi connectivity index (χ4v) is 1.72. The molecule has 0 radical (unpaired) electrons. The second kappa shape index (κ2) is 4.42. The van der Waals surface area contributed by atoms with Crippen LogP contribution in [-0.4, -0.2) is 19.1 Å². The molecule has 1 amide bonds. The third kappa shape index (κ3) is 2.19. The third-order valence-corrected chi connectivity index (χ3v) is 2.47. The summed E-state index contributed by atoms with van der Waals surface area (Å²) in [5.41, 5.74) is 2.18. The molecular formula is C8H16N2O2. The minimum atomic E-state index is -0.0586. The number of hydrogen-bond acceptors (Lipinski definition) is 3. The van der Waals surface area contributed by atoms with Gasteiger partial charge >= 0.3 is 0 Å². The van der Waals surface area contributed by atoms with Crippen molar-refractivity contribution in [2.75, 3.05) is 7.11 Å². The van der Waals surface area contributed by atoms with Gasteiger partial charge in [0.25, 0.3) is 0 Å². The van der Waals surface area contributed by atoms with Crippen LogP contribution in [-0.2, 0) is 9.53 Å². The summed E-state index contributed by atoms with van der Waals surface area (Å²) in [6.45, 7) is 0. The van der Waals surface area contributed by atoms with Gasteiger partial charge in [0.1, 0.15) is 0 Å². The van der Waals surface area contributed by atoms with Gasteiger partial charge < -0.3 is 4.74 Å². The van der Waals surface area contributed by atoms with E-state index in [9.17, 15) is 4.79 Å². The van der Waals surface area contributed by atoms with Crippen LogP contribution < -0.4 is 11.3 Å². The second-order valence-electron chi connectivity index (χ2n) is 3.23. The normalized spacial score (nSPS) is 29.8. The molecule has 70 valence electrons. The zero-order chi connectivity index (χ0) is 8.97. The van der Waals surface area contributed by atoms with Gasteiger partial charge in [-0.05, 0) is 19.3 Å². The average molecular weight is 172 g/mol. The molecule has 12 heavy (non-hydrogen) atoms. The summed E-state index contributed by atoms with van der Waals surface area (Å²) < 4.78 is 5.20. The Balaban J connectivity index is 2.40. The molecule has 1 aliphatic carbocycles. The highest BCUT2D eigenvalue weighted by molar-refractivity contribution is 5.78. The van der Waals surface area contributed by atoms with Crippen molar-refractivity contribution in [3.05, 3.63) is 0 Å². The SMILES string of the molecule is COC1CCCC(C(=O)NN)C1. The lowest BCUT2D eigenvalue weighted by Gasteiger charge is -2.26. The molecule has 0 bridgehead atoms. The average Bonchev–Trinajstić information content (AvgIpc) is 2.17. The van der Waals surface area contributed by atoms with Gasteiger partial charge in [0.2, 0.25) is 5.91 Å². The van der Waals surface area contributed by atoms with Crippen LogP contribution in [0.4, 0.5) is 0 Å². The molecule has 1 aliphatic rings. The number of ether oxygens (including phenoxy) is 1. The van der Waals surface area contributed by atoms with E-state index in [2.05, 4.69) is 5.43 Å². The molecule has 3 N–H and O–H groups in total. The third-order valence-electron chi connectivity index (χ3n) is 2.47. The van der Waals surface area contributed by atoms with Gasteiger partial charge in [-0.25, -0.2) is 5.84 Å². The molecular weight excluding hydrogens is 156 g/mol. The van der Waals surface area contributed by atoms with Crippen LogP contribution in [0, 0.1) is 5.92 Å².